The van der Waals surface area contributed by atoms with Crippen molar-refractivity contribution in [1.82, 2.24) is 5.32 Å². The van der Waals surface area contributed by atoms with E-state index in [-0.39, 0.29) is 34.4 Å². The van der Waals surface area contributed by atoms with Crippen LogP contribution in [0.5, 0.6) is 0 Å². The number of halogens is 3. The number of carbonyl (C=O) groups excluding carboxylic acids is 1. The number of alkyl halides is 3. The Morgan fingerprint density at radius 2 is 1.79 bits per heavy atom. The molecule has 34 heavy (non-hydrogen) atoms. The van der Waals surface area contributed by atoms with Gasteiger partial charge in [0.1, 0.15) is 11.3 Å². The summed E-state index contributed by atoms with van der Waals surface area (Å²) in [5, 5.41) is 11.8. The minimum Gasteiger partial charge on any atom is -0.478 e. The second-order valence-corrected chi connectivity index (χ2v) is 7.26. The van der Waals surface area contributed by atoms with Crippen molar-refractivity contribution in [3.8, 4) is 11.1 Å². The Balaban J connectivity index is 1.89. The van der Waals surface area contributed by atoms with Gasteiger partial charge in [-0.2, -0.15) is 13.2 Å². The summed E-state index contributed by atoms with van der Waals surface area (Å²) in [5.74, 6) is -1.42. The summed E-state index contributed by atoms with van der Waals surface area (Å²) in [4.78, 5) is 27.0. The molecule has 3 rings (SSSR count). The Bertz CT molecular complexity index is 1300. The van der Waals surface area contributed by atoms with E-state index in [4.69, 9.17) is 9.52 Å². The van der Waals surface area contributed by atoms with Crippen molar-refractivity contribution in [3.63, 3.8) is 0 Å². The molecular formula is C25H21F3N2O4. The summed E-state index contributed by atoms with van der Waals surface area (Å²) in [6.45, 7) is 1.69. The van der Waals surface area contributed by atoms with Crippen LogP contribution in [-0.2, 0) is 17.5 Å². The van der Waals surface area contributed by atoms with Crippen molar-refractivity contribution < 1.29 is 32.3 Å². The van der Waals surface area contributed by atoms with Gasteiger partial charge in [0, 0.05) is 24.7 Å². The highest BCUT2D eigenvalue weighted by atomic mass is 19.4. The van der Waals surface area contributed by atoms with Crippen LogP contribution in [0.15, 0.2) is 75.7 Å². The first-order chi connectivity index (χ1) is 16.1. The topological polar surface area (TPSA) is 91.9 Å². The zero-order valence-electron chi connectivity index (χ0n) is 18.3. The molecule has 3 aromatic rings. The highest BCUT2D eigenvalue weighted by Crippen LogP contribution is 2.39. The maximum atomic E-state index is 13.7. The molecule has 2 aromatic carbocycles. The average molecular weight is 470 g/mol. The Morgan fingerprint density at radius 3 is 2.38 bits per heavy atom. The van der Waals surface area contributed by atoms with E-state index in [0.29, 0.717) is 5.56 Å². The highest BCUT2D eigenvalue weighted by Gasteiger charge is 2.35. The van der Waals surface area contributed by atoms with E-state index in [1.807, 2.05) is 0 Å². The second kappa shape index (κ2) is 10.2. The fraction of sp³-hybridized carbons (Fsp3) is 0.160. The van der Waals surface area contributed by atoms with Crippen LogP contribution >= 0.6 is 0 Å². The fourth-order valence-electron chi connectivity index (χ4n) is 3.24. The molecule has 9 heteroatoms. The number of hydrogen-bond acceptors (Lipinski definition) is 4. The minimum atomic E-state index is -4.68. The first kappa shape index (κ1) is 24.5. The van der Waals surface area contributed by atoms with E-state index in [1.165, 1.54) is 42.5 Å². The molecule has 0 aliphatic heterocycles. The third-order valence-corrected chi connectivity index (χ3v) is 4.91. The maximum Gasteiger partial charge on any atom is 0.420 e. The molecule has 0 aliphatic rings. The maximum absolute atomic E-state index is 13.7. The van der Waals surface area contributed by atoms with E-state index in [9.17, 15) is 22.8 Å². The number of nitrogens with one attached hydrogen (secondary N) is 1. The van der Waals surface area contributed by atoms with Crippen LogP contribution in [0, 0.1) is 0 Å². The van der Waals surface area contributed by atoms with Crippen molar-refractivity contribution in [2.75, 3.05) is 7.05 Å². The van der Waals surface area contributed by atoms with Crippen LogP contribution in [-0.4, -0.2) is 30.2 Å². The first-order valence-corrected chi connectivity index (χ1v) is 10.1. The summed E-state index contributed by atoms with van der Waals surface area (Å²) in [6.07, 6.45) is 1.51. The van der Waals surface area contributed by atoms with E-state index < -0.39 is 23.6 Å². The van der Waals surface area contributed by atoms with Gasteiger partial charge in [-0.1, -0.05) is 18.2 Å². The molecule has 2 N–H and O–H groups in total. The number of rotatable bonds is 7. The van der Waals surface area contributed by atoms with Gasteiger partial charge in [0.2, 0.25) is 5.91 Å². The number of carboxylic acids is 1. The monoisotopic (exact) mass is 470 g/mol. The molecule has 1 amide bonds. The normalized spacial score (nSPS) is 12.7. The van der Waals surface area contributed by atoms with E-state index >= 15 is 0 Å². The first-order valence-electron chi connectivity index (χ1n) is 10.1. The molecule has 176 valence electrons. The standard InChI is InChI=1S/C25H21F3N2O4/c1-3-15(13-29-2)4-9-22(31)30-14-20-11-19-10-18(12-21(23(19)34-20)25(26,27)28)16-5-7-17(8-6-16)24(32)33/h3-13H,14H2,1-2H3,(H,30,31)(H,32,33)/b9-4+,15-3-,29-13?. The minimum absolute atomic E-state index is 0.0276. The highest BCUT2D eigenvalue weighted by molar-refractivity contribution is 5.92. The number of carbonyl (C=O) groups is 2. The van der Waals surface area contributed by atoms with Crippen LogP contribution in [0.3, 0.4) is 0 Å². The molecule has 0 saturated carbocycles. The summed E-state index contributed by atoms with van der Waals surface area (Å²) < 4.78 is 46.7. The lowest BCUT2D eigenvalue weighted by molar-refractivity contribution is -0.136. The predicted molar refractivity (Wildman–Crippen MR) is 123 cm³/mol. The molecule has 0 unspecified atom stereocenters. The summed E-state index contributed by atoms with van der Waals surface area (Å²) in [6, 6.07) is 9.46. The quantitative estimate of drug-likeness (QED) is 0.266. The van der Waals surface area contributed by atoms with Crippen LogP contribution in [0.1, 0.15) is 28.6 Å². The number of carboxylic acid groups (broad SMARTS) is 1. The fourth-order valence-corrected chi connectivity index (χ4v) is 3.24. The molecular weight excluding hydrogens is 449 g/mol. The molecule has 0 spiro atoms. The SMILES string of the molecule is C/C=C(C=NC)/C=C/C(=O)NCc1cc2cc(-c3ccc(C(=O)O)cc3)cc(C(F)(F)F)c2o1. The Labute approximate surface area is 193 Å². The van der Waals surface area contributed by atoms with Gasteiger partial charge in [-0.25, -0.2) is 4.79 Å². The van der Waals surface area contributed by atoms with Gasteiger partial charge in [0.15, 0.2) is 0 Å². The summed E-state index contributed by atoms with van der Waals surface area (Å²) >= 11 is 0. The third-order valence-electron chi connectivity index (χ3n) is 4.91. The van der Waals surface area contributed by atoms with Gasteiger partial charge in [0.05, 0.1) is 17.7 Å². The van der Waals surface area contributed by atoms with Crippen LogP contribution < -0.4 is 5.32 Å². The molecule has 1 heterocycles. The van der Waals surface area contributed by atoms with Crippen molar-refractivity contribution in [2.45, 2.75) is 19.6 Å². The molecule has 1 aromatic heterocycles. The van der Waals surface area contributed by atoms with E-state index in [0.717, 1.165) is 11.6 Å². The molecule has 0 radical (unpaired) electrons. The number of benzene rings is 2. The van der Waals surface area contributed by atoms with Crippen LogP contribution in [0.2, 0.25) is 0 Å². The average Bonchev–Trinajstić information content (AvgIpc) is 3.22. The van der Waals surface area contributed by atoms with Gasteiger partial charge >= 0.3 is 12.1 Å². The van der Waals surface area contributed by atoms with Crippen molar-refractivity contribution in [2.24, 2.45) is 4.99 Å². The van der Waals surface area contributed by atoms with Crippen molar-refractivity contribution >= 4 is 29.1 Å². The van der Waals surface area contributed by atoms with Gasteiger partial charge in [-0.15, -0.1) is 0 Å². The lowest BCUT2D eigenvalue weighted by Crippen LogP contribution is -2.19. The number of allylic oxidation sites excluding steroid dienone is 3. The number of furan rings is 1. The Hall–Kier alpha value is -4.14. The van der Waals surface area contributed by atoms with Gasteiger partial charge in [0.25, 0.3) is 0 Å². The number of aliphatic imine (C=N–C) groups is 1. The van der Waals surface area contributed by atoms with Crippen LogP contribution in [0.25, 0.3) is 22.1 Å². The molecule has 0 saturated heterocycles. The molecule has 0 aliphatic carbocycles. The largest absolute Gasteiger partial charge is 0.478 e. The molecule has 0 fully saturated rings. The van der Waals surface area contributed by atoms with Crippen LogP contribution in [0.4, 0.5) is 13.2 Å². The number of hydrogen-bond donors (Lipinski definition) is 2. The van der Waals surface area contributed by atoms with E-state index in [2.05, 4.69) is 10.3 Å². The third kappa shape index (κ3) is 5.80. The smallest absolute Gasteiger partial charge is 0.420 e. The van der Waals surface area contributed by atoms with Gasteiger partial charge < -0.3 is 14.8 Å². The lowest BCUT2D eigenvalue weighted by atomic mass is 9.99. The number of fused-ring (bicyclic) bond motifs is 1. The lowest BCUT2D eigenvalue weighted by Gasteiger charge is -2.10. The Morgan fingerprint density at radius 1 is 1.09 bits per heavy atom. The van der Waals surface area contributed by atoms with Crippen molar-refractivity contribution in [1.29, 1.82) is 0 Å². The van der Waals surface area contributed by atoms with E-state index in [1.54, 1.807) is 32.3 Å². The number of amides is 1. The molecule has 6 nitrogen and oxygen atoms in total. The Kier molecular flexibility index (Phi) is 7.35. The zero-order chi connectivity index (χ0) is 24.9. The second-order valence-electron chi connectivity index (χ2n) is 7.26. The predicted octanol–water partition coefficient (Wildman–Crippen LogP) is 5.64. The molecule has 0 atom stereocenters. The number of aromatic carboxylic acids is 1. The zero-order valence-corrected chi connectivity index (χ0v) is 18.3. The summed E-state index contributed by atoms with van der Waals surface area (Å²) in [5.41, 5.74) is 0.131. The van der Waals surface area contributed by atoms with Gasteiger partial charge in [-0.3, -0.25) is 9.79 Å². The molecule has 0 bridgehead atoms. The van der Waals surface area contributed by atoms with Crippen molar-refractivity contribution in [3.05, 3.63) is 83.2 Å². The summed E-state index contributed by atoms with van der Waals surface area (Å²) in [7, 11) is 1.60. The number of nitrogens with zero attached hydrogens (tertiary/aromatic N) is 1. The van der Waals surface area contributed by atoms with Gasteiger partial charge in [-0.05, 0) is 60.0 Å².